The second-order valence-corrected chi connectivity index (χ2v) is 6.42. The molecule has 0 fully saturated rings. The maximum Gasteiger partial charge on any atom is 0.254 e. The average Bonchev–Trinajstić information content (AvgIpc) is 2.58. The van der Waals surface area contributed by atoms with E-state index in [1.807, 2.05) is 6.92 Å². The fourth-order valence-corrected chi connectivity index (χ4v) is 2.96. The van der Waals surface area contributed by atoms with Crippen molar-refractivity contribution in [3.8, 4) is 11.5 Å². The zero-order valence-corrected chi connectivity index (χ0v) is 16.1. The topological polar surface area (TPSA) is 38.8 Å². The van der Waals surface area contributed by atoms with Crippen LogP contribution in [-0.2, 0) is 6.54 Å². The molecule has 0 aromatic heterocycles. The van der Waals surface area contributed by atoms with Gasteiger partial charge in [0, 0.05) is 19.2 Å². The van der Waals surface area contributed by atoms with Gasteiger partial charge in [0.05, 0.1) is 18.7 Å². The number of methoxy groups -OCH3 is 1. The van der Waals surface area contributed by atoms with Crippen molar-refractivity contribution in [1.82, 2.24) is 4.90 Å². The number of amides is 1. The van der Waals surface area contributed by atoms with Crippen molar-refractivity contribution in [2.24, 2.45) is 0 Å². The Kier molecular flexibility index (Phi) is 6.32. The number of carbonyl (C=O) groups excluding carboxylic acids is 1. The molecule has 0 radical (unpaired) electrons. The first-order valence-corrected chi connectivity index (χ1v) is 8.57. The van der Waals surface area contributed by atoms with Gasteiger partial charge in [-0.1, -0.05) is 35.4 Å². The van der Waals surface area contributed by atoms with Gasteiger partial charge < -0.3 is 14.4 Å². The fraction of sp³-hybridized carbons (Fsp3) is 0.350. The Morgan fingerprint density at radius 1 is 1.20 bits per heavy atom. The molecule has 0 spiro atoms. The summed E-state index contributed by atoms with van der Waals surface area (Å²) in [7, 11) is 3.31. The molecule has 0 aliphatic heterocycles. The number of benzene rings is 2. The molecule has 1 amide bonds. The van der Waals surface area contributed by atoms with E-state index in [2.05, 4.69) is 32.0 Å². The van der Waals surface area contributed by atoms with E-state index in [0.717, 1.165) is 5.56 Å². The van der Waals surface area contributed by atoms with E-state index >= 15 is 0 Å². The van der Waals surface area contributed by atoms with Gasteiger partial charge in [0.1, 0.15) is 0 Å². The van der Waals surface area contributed by atoms with Crippen molar-refractivity contribution in [2.45, 2.75) is 27.3 Å². The predicted molar refractivity (Wildman–Crippen MR) is 101 cm³/mol. The van der Waals surface area contributed by atoms with Crippen LogP contribution in [0.25, 0.3) is 0 Å². The number of halogens is 1. The summed E-state index contributed by atoms with van der Waals surface area (Å²) in [5, 5.41) is 0.365. The Labute approximate surface area is 154 Å². The van der Waals surface area contributed by atoms with Crippen LogP contribution in [0, 0.1) is 13.8 Å². The number of ether oxygens (including phenoxy) is 2. The van der Waals surface area contributed by atoms with Crippen molar-refractivity contribution < 1.29 is 14.3 Å². The monoisotopic (exact) mass is 361 g/mol. The maximum atomic E-state index is 12.8. The average molecular weight is 362 g/mol. The lowest BCUT2D eigenvalue weighted by Crippen LogP contribution is -2.26. The van der Waals surface area contributed by atoms with Gasteiger partial charge in [-0.25, -0.2) is 0 Å². The van der Waals surface area contributed by atoms with E-state index in [0.29, 0.717) is 35.2 Å². The SMILES string of the molecule is CCOc1c(Cl)cc(C(=O)N(C)Cc2ccc(C)cc2C)cc1OC. The lowest BCUT2D eigenvalue weighted by Gasteiger charge is -2.20. The van der Waals surface area contributed by atoms with Crippen molar-refractivity contribution in [1.29, 1.82) is 0 Å². The fourth-order valence-electron chi connectivity index (χ4n) is 2.70. The van der Waals surface area contributed by atoms with Gasteiger partial charge in [-0.15, -0.1) is 0 Å². The molecule has 5 heteroatoms. The standard InChI is InChI=1S/C20H24ClNO3/c1-6-25-19-17(21)10-16(11-18(19)24-5)20(23)22(4)12-15-8-7-13(2)9-14(15)3/h7-11H,6,12H2,1-5H3. The highest BCUT2D eigenvalue weighted by molar-refractivity contribution is 6.32. The molecule has 2 aromatic carbocycles. The van der Waals surface area contributed by atoms with Crippen LogP contribution >= 0.6 is 11.6 Å². The Bertz CT molecular complexity index is 774. The third-order valence-electron chi connectivity index (χ3n) is 4.02. The number of hydrogen-bond donors (Lipinski definition) is 0. The molecule has 25 heavy (non-hydrogen) atoms. The largest absolute Gasteiger partial charge is 0.493 e. The Balaban J connectivity index is 2.25. The molecular weight excluding hydrogens is 338 g/mol. The molecule has 0 saturated carbocycles. The minimum absolute atomic E-state index is 0.122. The van der Waals surface area contributed by atoms with Gasteiger partial charge >= 0.3 is 0 Å². The van der Waals surface area contributed by atoms with Crippen LogP contribution in [0.3, 0.4) is 0 Å². The van der Waals surface area contributed by atoms with Crippen LogP contribution in [-0.4, -0.2) is 31.6 Å². The minimum atomic E-state index is -0.122. The minimum Gasteiger partial charge on any atom is -0.493 e. The lowest BCUT2D eigenvalue weighted by molar-refractivity contribution is 0.0784. The van der Waals surface area contributed by atoms with E-state index < -0.39 is 0 Å². The van der Waals surface area contributed by atoms with E-state index in [-0.39, 0.29) is 5.91 Å². The molecule has 134 valence electrons. The van der Waals surface area contributed by atoms with Gasteiger partial charge in [0.25, 0.3) is 5.91 Å². The zero-order valence-electron chi connectivity index (χ0n) is 15.4. The van der Waals surface area contributed by atoms with Crippen molar-refractivity contribution in [3.63, 3.8) is 0 Å². The van der Waals surface area contributed by atoms with Crippen LogP contribution in [0.4, 0.5) is 0 Å². The first kappa shape index (κ1) is 19.1. The van der Waals surface area contributed by atoms with E-state index in [4.69, 9.17) is 21.1 Å². The molecule has 0 aliphatic carbocycles. The highest BCUT2D eigenvalue weighted by Crippen LogP contribution is 2.36. The van der Waals surface area contributed by atoms with Gasteiger partial charge in [-0.05, 0) is 44.0 Å². The highest BCUT2D eigenvalue weighted by atomic mass is 35.5. The predicted octanol–water partition coefficient (Wildman–Crippen LogP) is 4.64. The number of hydrogen-bond acceptors (Lipinski definition) is 3. The van der Waals surface area contributed by atoms with E-state index in [1.54, 1.807) is 24.1 Å². The summed E-state index contributed by atoms with van der Waals surface area (Å²) < 4.78 is 10.8. The Hall–Kier alpha value is -2.20. The van der Waals surface area contributed by atoms with Gasteiger partial charge in [0.2, 0.25) is 0 Å². The molecule has 0 aliphatic rings. The molecular formula is C20H24ClNO3. The van der Waals surface area contributed by atoms with Gasteiger partial charge in [-0.3, -0.25) is 4.79 Å². The summed E-state index contributed by atoms with van der Waals surface area (Å²) >= 11 is 6.27. The summed E-state index contributed by atoms with van der Waals surface area (Å²) in [4.78, 5) is 14.5. The van der Waals surface area contributed by atoms with Gasteiger partial charge in [-0.2, -0.15) is 0 Å². The van der Waals surface area contributed by atoms with Crippen molar-refractivity contribution in [2.75, 3.05) is 20.8 Å². The smallest absolute Gasteiger partial charge is 0.254 e. The summed E-state index contributed by atoms with van der Waals surface area (Å²) in [6.45, 7) is 6.97. The number of aryl methyl sites for hydroxylation is 2. The number of nitrogens with zero attached hydrogens (tertiary/aromatic N) is 1. The molecule has 0 saturated heterocycles. The van der Waals surface area contributed by atoms with Crippen LogP contribution in [0.15, 0.2) is 30.3 Å². The second kappa shape index (κ2) is 8.26. The van der Waals surface area contributed by atoms with Crippen LogP contribution in [0.1, 0.15) is 34.0 Å². The lowest BCUT2D eigenvalue weighted by atomic mass is 10.1. The van der Waals surface area contributed by atoms with Crippen LogP contribution in [0.5, 0.6) is 11.5 Å². The molecule has 0 N–H and O–H groups in total. The molecule has 0 bridgehead atoms. The maximum absolute atomic E-state index is 12.8. The third-order valence-corrected chi connectivity index (χ3v) is 4.30. The van der Waals surface area contributed by atoms with E-state index in [1.165, 1.54) is 18.2 Å². The molecule has 4 nitrogen and oxygen atoms in total. The Morgan fingerprint density at radius 2 is 1.92 bits per heavy atom. The third kappa shape index (κ3) is 4.45. The second-order valence-electron chi connectivity index (χ2n) is 6.01. The molecule has 0 unspecified atom stereocenters. The molecule has 0 heterocycles. The van der Waals surface area contributed by atoms with Crippen molar-refractivity contribution >= 4 is 17.5 Å². The summed E-state index contributed by atoms with van der Waals surface area (Å²) in [5.41, 5.74) is 3.96. The molecule has 2 rings (SSSR count). The Morgan fingerprint density at radius 3 is 2.52 bits per heavy atom. The highest BCUT2D eigenvalue weighted by Gasteiger charge is 2.18. The zero-order chi connectivity index (χ0) is 18.6. The first-order valence-electron chi connectivity index (χ1n) is 8.19. The number of carbonyl (C=O) groups is 1. The van der Waals surface area contributed by atoms with E-state index in [9.17, 15) is 4.79 Å². The first-order chi connectivity index (χ1) is 11.9. The molecule has 0 atom stereocenters. The number of rotatable bonds is 6. The summed E-state index contributed by atoms with van der Waals surface area (Å²) in [5.74, 6) is 0.793. The summed E-state index contributed by atoms with van der Waals surface area (Å²) in [6.07, 6.45) is 0. The van der Waals surface area contributed by atoms with Crippen molar-refractivity contribution in [3.05, 3.63) is 57.6 Å². The molecule has 2 aromatic rings. The quantitative estimate of drug-likeness (QED) is 0.752. The van der Waals surface area contributed by atoms with Gasteiger partial charge in [0.15, 0.2) is 11.5 Å². The van der Waals surface area contributed by atoms with Crippen LogP contribution in [0.2, 0.25) is 5.02 Å². The van der Waals surface area contributed by atoms with Crippen LogP contribution < -0.4 is 9.47 Å². The summed E-state index contributed by atoms with van der Waals surface area (Å²) in [6, 6.07) is 9.51. The normalized spacial score (nSPS) is 10.5.